The molecule has 0 bridgehead atoms. The van der Waals surface area contributed by atoms with Crippen molar-refractivity contribution >= 4 is 11.8 Å². The highest BCUT2D eigenvalue weighted by atomic mass is 16.4. The fourth-order valence-corrected chi connectivity index (χ4v) is 2.85. The molecule has 6 heteroatoms. The van der Waals surface area contributed by atoms with Crippen LogP contribution in [0.1, 0.15) is 24.6 Å². The van der Waals surface area contributed by atoms with Crippen LogP contribution in [0.4, 0.5) is 5.82 Å². The molecule has 1 aliphatic heterocycles. The van der Waals surface area contributed by atoms with Gasteiger partial charge in [0.25, 0.3) is 0 Å². The Morgan fingerprint density at radius 1 is 1.30 bits per heavy atom. The Labute approximate surface area is 135 Å². The van der Waals surface area contributed by atoms with Crippen LogP contribution in [0, 0.1) is 19.3 Å². The maximum absolute atomic E-state index is 11.5. The van der Waals surface area contributed by atoms with E-state index >= 15 is 0 Å². The minimum absolute atomic E-state index is 0.460. The van der Waals surface area contributed by atoms with Gasteiger partial charge >= 0.3 is 5.97 Å². The predicted molar refractivity (Wildman–Crippen MR) is 87.3 cm³/mol. The number of rotatable bonds is 3. The van der Waals surface area contributed by atoms with E-state index in [1.165, 1.54) is 0 Å². The fourth-order valence-electron chi connectivity index (χ4n) is 2.85. The molecule has 2 aromatic heterocycles. The van der Waals surface area contributed by atoms with E-state index in [2.05, 4.69) is 15.0 Å². The number of pyridine rings is 1. The molecule has 1 N–H and O–H groups in total. The third-order valence-corrected chi connectivity index (χ3v) is 4.55. The third kappa shape index (κ3) is 2.76. The van der Waals surface area contributed by atoms with E-state index in [0.717, 1.165) is 22.8 Å². The monoisotopic (exact) mass is 312 g/mol. The molecule has 2 aromatic rings. The molecule has 3 heterocycles. The third-order valence-electron chi connectivity index (χ3n) is 4.55. The van der Waals surface area contributed by atoms with Gasteiger partial charge in [0.15, 0.2) is 5.82 Å². The normalized spacial score (nSPS) is 20.7. The fraction of sp³-hybridized carbons (Fsp3) is 0.412. The molecule has 6 nitrogen and oxygen atoms in total. The molecule has 1 atom stereocenters. The second-order valence-corrected chi connectivity index (χ2v) is 6.33. The van der Waals surface area contributed by atoms with Crippen molar-refractivity contribution in [3.8, 4) is 11.5 Å². The maximum atomic E-state index is 11.5. The molecule has 1 aliphatic rings. The zero-order valence-electron chi connectivity index (χ0n) is 13.6. The number of anilines is 1. The Kier molecular flexibility index (Phi) is 3.75. The van der Waals surface area contributed by atoms with Crippen molar-refractivity contribution in [3.63, 3.8) is 0 Å². The van der Waals surface area contributed by atoms with Crippen molar-refractivity contribution < 1.29 is 9.90 Å². The summed E-state index contributed by atoms with van der Waals surface area (Å²) in [5.41, 5.74) is 1.87. The number of aromatic nitrogens is 3. The van der Waals surface area contributed by atoms with Crippen molar-refractivity contribution in [2.45, 2.75) is 27.2 Å². The number of carbonyl (C=O) groups is 1. The SMILES string of the molecule is Cc1nc(-c2ccccn2)nc(N2CCC(C)(C(=O)O)C2)c1C. The number of carboxylic acids is 1. The molecule has 0 spiro atoms. The van der Waals surface area contributed by atoms with Crippen molar-refractivity contribution in [1.82, 2.24) is 15.0 Å². The summed E-state index contributed by atoms with van der Waals surface area (Å²) in [6.45, 7) is 6.85. The van der Waals surface area contributed by atoms with Gasteiger partial charge in [0, 0.05) is 30.5 Å². The van der Waals surface area contributed by atoms with Gasteiger partial charge in [0.2, 0.25) is 0 Å². The standard InChI is InChI=1S/C17H20N4O2/c1-11-12(2)19-14(13-6-4-5-8-18-13)20-15(11)21-9-7-17(3,10-21)16(22)23/h4-6,8H,7,9-10H2,1-3H3,(H,22,23). The predicted octanol–water partition coefficient (Wildman–Crippen LogP) is 2.46. The lowest BCUT2D eigenvalue weighted by molar-refractivity contribution is -0.146. The summed E-state index contributed by atoms with van der Waals surface area (Å²) in [6, 6.07) is 5.63. The first-order valence-corrected chi connectivity index (χ1v) is 7.66. The van der Waals surface area contributed by atoms with Gasteiger partial charge in [-0.3, -0.25) is 9.78 Å². The summed E-state index contributed by atoms with van der Waals surface area (Å²) in [4.78, 5) is 27.0. The highest BCUT2D eigenvalue weighted by Gasteiger charge is 2.41. The molecule has 3 rings (SSSR count). The summed E-state index contributed by atoms with van der Waals surface area (Å²) < 4.78 is 0. The first kappa shape index (κ1) is 15.4. The largest absolute Gasteiger partial charge is 0.481 e. The number of aliphatic carboxylic acids is 1. The molecule has 23 heavy (non-hydrogen) atoms. The Morgan fingerprint density at radius 2 is 2.09 bits per heavy atom. The second kappa shape index (κ2) is 5.61. The maximum Gasteiger partial charge on any atom is 0.311 e. The number of hydrogen-bond donors (Lipinski definition) is 1. The molecule has 0 aromatic carbocycles. The number of carboxylic acid groups (broad SMARTS) is 1. The zero-order chi connectivity index (χ0) is 16.6. The van der Waals surface area contributed by atoms with Crippen LogP contribution in [0.2, 0.25) is 0 Å². The molecule has 0 amide bonds. The van der Waals surface area contributed by atoms with Crippen molar-refractivity contribution in [2.24, 2.45) is 5.41 Å². The smallest absolute Gasteiger partial charge is 0.311 e. The first-order valence-electron chi connectivity index (χ1n) is 7.66. The Morgan fingerprint density at radius 3 is 2.70 bits per heavy atom. The van der Waals surface area contributed by atoms with E-state index in [1.54, 1.807) is 13.1 Å². The van der Waals surface area contributed by atoms with Crippen LogP contribution in [-0.2, 0) is 4.79 Å². The molecule has 120 valence electrons. The first-order chi connectivity index (χ1) is 10.9. The average molecular weight is 312 g/mol. The quantitative estimate of drug-likeness (QED) is 0.938. The lowest BCUT2D eigenvalue weighted by atomic mass is 9.90. The van der Waals surface area contributed by atoms with Gasteiger partial charge < -0.3 is 10.0 Å². The summed E-state index contributed by atoms with van der Waals surface area (Å²) in [5, 5.41) is 9.42. The van der Waals surface area contributed by atoms with Crippen molar-refractivity contribution in [2.75, 3.05) is 18.0 Å². The highest BCUT2D eigenvalue weighted by molar-refractivity contribution is 5.76. The van der Waals surface area contributed by atoms with E-state index < -0.39 is 11.4 Å². The number of nitrogens with zero attached hydrogens (tertiary/aromatic N) is 4. The van der Waals surface area contributed by atoms with E-state index in [1.807, 2.05) is 36.9 Å². The molecule has 0 saturated carbocycles. The number of aryl methyl sites for hydroxylation is 1. The summed E-state index contributed by atoms with van der Waals surface area (Å²) >= 11 is 0. The van der Waals surface area contributed by atoms with E-state index in [-0.39, 0.29) is 0 Å². The summed E-state index contributed by atoms with van der Waals surface area (Å²) in [7, 11) is 0. The Bertz CT molecular complexity index is 748. The van der Waals surface area contributed by atoms with Gasteiger partial charge in [0.1, 0.15) is 11.5 Å². The Hall–Kier alpha value is -2.50. The van der Waals surface area contributed by atoms with Gasteiger partial charge in [-0.1, -0.05) is 6.07 Å². The highest BCUT2D eigenvalue weighted by Crippen LogP contribution is 2.35. The van der Waals surface area contributed by atoms with Gasteiger partial charge in [-0.25, -0.2) is 9.97 Å². The van der Waals surface area contributed by atoms with Crippen LogP contribution < -0.4 is 4.90 Å². The summed E-state index contributed by atoms with van der Waals surface area (Å²) in [5.74, 6) is 0.629. The lowest BCUT2D eigenvalue weighted by Gasteiger charge is -2.23. The van der Waals surface area contributed by atoms with Gasteiger partial charge in [-0.15, -0.1) is 0 Å². The summed E-state index contributed by atoms with van der Waals surface area (Å²) in [6.07, 6.45) is 2.33. The minimum Gasteiger partial charge on any atom is -0.481 e. The van der Waals surface area contributed by atoms with E-state index in [4.69, 9.17) is 0 Å². The van der Waals surface area contributed by atoms with Crippen LogP contribution in [0.5, 0.6) is 0 Å². The van der Waals surface area contributed by atoms with Gasteiger partial charge in [-0.2, -0.15) is 0 Å². The van der Waals surface area contributed by atoms with Crippen LogP contribution in [0.25, 0.3) is 11.5 Å². The van der Waals surface area contributed by atoms with Crippen LogP contribution in [0.15, 0.2) is 24.4 Å². The molecular formula is C17H20N4O2. The van der Waals surface area contributed by atoms with Gasteiger partial charge in [-0.05, 0) is 39.3 Å². The molecule has 1 fully saturated rings. The Balaban J connectivity index is 2.00. The minimum atomic E-state index is -0.756. The van der Waals surface area contributed by atoms with E-state index in [9.17, 15) is 9.90 Å². The van der Waals surface area contributed by atoms with Crippen molar-refractivity contribution in [1.29, 1.82) is 0 Å². The average Bonchev–Trinajstić information content (AvgIpc) is 2.94. The van der Waals surface area contributed by atoms with Crippen LogP contribution in [-0.4, -0.2) is 39.1 Å². The zero-order valence-corrected chi connectivity index (χ0v) is 13.6. The van der Waals surface area contributed by atoms with Crippen LogP contribution in [0.3, 0.4) is 0 Å². The van der Waals surface area contributed by atoms with E-state index in [0.29, 0.717) is 25.3 Å². The van der Waals surface area contributed by atoms with Crippen molar-refractivity contribution in [3.05, 3.63) is 35.7 Å². The van der Waals surface area contributed by atoms with Crippen LogP contribution >= 0.6 is 0 Å². The second-order valence-electron chi connectivity index (χ2n) is 6.33. The molecule has 1 unspecified atom stereocenters. The topological polar surface area (TPSA) is 79.2 Å². The molecule has 1 saturated heterocycles. The van der Waals surface area contributed by atoms with Gasteiger partial charge in [0.05, 0.1) is 5.41 Å². The number of hydrogen-bond acceptors (Lipinski definition) is 5. The molecule has 0 radical (unpaired) electrons. The lowest BCUT2D eigenvalue weighted by Crippen LogP contribution is -2.32. The molecule has 0 aliphatic carbocycles. The molecular weight excluding hydrogens is 292 g/mol.